The van der Waals surface area contributed by atoms with E-state index in [0.29, 0.717) is 17.4 Å². The predicted molar refractivity (Wildman–Crippen MR) is 205 cm³/mol. The predicted octanol–water partition coefficient (Wildman–Crippen LogP) is 11.9. The van der Waals surface area contributed by atoms with Crippen molar-refractivity contribution in [2.45, 2.75) is 0 Å². The summed E-state index contributed by atoms with van der Waals surface area (Å²) < 4.78 is 7.49. The van der Waals surface area contributed by atoms with Gasteiger partial charge >= 0.3 is 0 Å². The van der Waals surface area contributed by atoms with Crippen LogP contribution >= 0.6 is 11.3 Å². The van der Waals surface area contributed by atoms with Crippen LogP contribution in [0.25, 0.3) is 98.8 Å². The van der Waals surface area contributed by atoms with Crippen molar-refractivity contribution >= 4 is 53.7 Å². The molecule has 50 heavy (non-hydrogen) atoms. The minimum absolute atomic E-state index is 0.574. The van der Waals surface area contributed by atoms with E-state index in [9.17, 15) is 0 Å². The van der Waals surface area contributed by atoms with Crippen molar-refractivity contribution in [2.75, 3.05) is 0 Å². The smallest absolute Gasteiger partial charge is 0.231 e. The average Bonchev–Trinajstić information content (AvgIpc) is 3.76. The van der Waals surface area contributed by atoms with Gasteiger partial charge in [0.1, 0.15) is 10.4 Å². The molecule has 10 rings (SSSR count). The van der Waals surface area contributed by atoms with Gasteiger partial charge in [0.2, 0.25) is 5.71 Å². The van der Waals surface area contributed by atoms with Gasteiger partial charge < -0.3 is 4.42 Å². The second kappa shape index (κ2) is 11.6. The number of furan rings is 1. The quantitative estimate of drug-likeness (QED) is 0.184. The monoisotopic (exact) mass is 658 g/mol. The Kier molecular flexibility index (Phi) is 6.60. The van der Waals surface area contributed by atoms with Gasteiger partial charge in [-0.25, -0.2) is 15.0 Å². The molecule has 0 saturated carbocycles. The number of fused-ring (bicyclic) bond motifs is 6. The van der Waals surface area contributed by atoms with Crippen LogP contribution in [0.5, 0.6) is 0 Å². The average molecular weight is 659 g/mol. The molecule has 0 radical (unpaired) electrons. The fourth-order valence-corrected chi connectivity index (χ4v) is 7.87. The molecule has 4 heterocycles. The lowest BCUT2D eigenvalue weighted by Gasteiger charge is -2.10. The van der Waals surface area contributed by atoms with E-state index in [1.807, 2.05) is 42.5 Å². The Hall–Kier alpha value is -6.50. The highest BCUT2D eigenvalue weighted by molar-refractivity contribution is 7.25. The van der Waals surface area contributed by atoms with Gasteiger partial charge in [-0.1, -0.05) is 133 Å². The standard InChI is InChI=1S/C44H26N4OS/c1-3-13-27(14-4-1)39-37-33-21-7-9-23-35(33)49-43(37)47-41(45-39)31-19-11-17-29(25-31)30-18-12-20-32(26-30)42-46-40(28-15-5-2-6-16-28)38-34-22-8-10-24-36(34)50-44(38)48-42/h1-26H. The van der Waals surface area contributed by atoms with Crippen LogP contribution in [0, 0.1) is 0 Å². The normalized spacial score (nSPS) is 11.6. The van der Waals surface area contributed by atoms with Crippen molar-refractivity contribution in [3.63, 3.8) is 0 Å². The summed E-state index contributed by atoms with van der Waals surface area (Å²) in [5.74, 6) is 1.31. The van der Waals surface area contributed by atoms with Crippen molar-refractivity contribution in [2.24, 2.45) is 0 Å². The highest BCUT2D eigenvalue weighted by Crippen LogP contribution is 2.40. The van der Waals surface area contributed by atoms with Crippen molar-refractivity contribution < 1.29 is 4.42 Å². The van der Waals surface area contributed by atoms with Crippen LogP contribution in [0.1, 0.15) is 0 Å². The number of para-hydroxylation sites is 1. The fourth-order valence-electron chi connectivity index (χ4n) is 6.79. The Morgan fingerprint density at radius 2 is 0.920 bits per heavy atom. The molecule has 6 heteroatoms. The summed E-state index contributed by atoms with van der Waals surface area (Å²) in [7, 11) is 0. The Morgan fingerprint density at radius 1 is 0.400 bits per heavy atom. The van der Waals surface area contributed by atoms with Crippen LogP contribution < -0.4 is 0 Å². The van der Waals surface area contributed by atoms with E-state index in [1.165, 1.54) is 10.1 Å². The van der Waals surface area contributed by atoms with E-state index < -0.39 is 0 Å². The minimum atomic E-state index is 0.574. The second-order valence-electron chi connectivity index (χ2n) is 12.2. The van der Waals surface area contributed by atoms with Gasteiger partial charge in [-0.15, -0.1) is 11.3 Å². The Labute approximate surface area is 291 Å². The molecule has 0 N–H and O–H groups in total. The first-order valence-electron chi connectivity index (χ1n) is 16.5. The largest absolute Gasteiger partial charge is 0.438 e. The van der Waals surface area contributed by atoms with Crippen LogP contribution in [0.2, 0.25) is 0 Å². The Morgan fingerprint density at radius 3 is 1.60 bits per heavy atom. The molecule has 0 amide bonds. The number of hydrogen-bond acceptors (Lipinski definition) is 6. The molecule has 4 aromatic heterocycles. The summed E-state index contributed by atoms with van der Waals surface area (Å²) in [4.78, 5) is 21.4. The SMILES string of the molecule is c1ccc(-c2nc(-c3cccc(-c4cccc(-c5nc(-c6ccccc6)c6c(n5)sc5ccccc56)c4)c3)nc3oc4ccccc4c23)cc1. The molecule has 0 aliphatic carbocycles. The molecule has 0 aliphatic rings. The molecule has 0 atom stereocenters. The van der Waals surface area contributed by atoms with E-state index in [2.05, 4.69) is 115 Å². The van der Waals surface area contributed by atoms with Gasteiger partial charge in [0.15, 0.2) is 11.6 Å². The topological polar surface area (TPSA) is 64.7 Å². The lowest BCUT2D eigenvalue weighted by molar-refractivity contribution is 0.653. The van der Waals surface area contributed by atoms with Crippen LogP contribution in [-0.4, -0.2) is 19.9 Å². The first kappa shape index (κ1) is 28.5. The molecular weight excluding hydrogens is 633 g/mol. The maximum Gasteiger partial charge on any atom is 0.231 e. The molecule has 0 aliphatic heterocycles. The second-order valence-corrected chi connectivity index (χ2v) is 13.3. The third-order valence-corrected chi connectivity index (χ3v) is 10.2. The summed E-state index contributed by atoms with van der Waals surface area (Å²) in [5.41, 5.74) is 9.22. The molecule has 234 valence electrons. The van der Waals surface area contributed by atoms with Gasteiger partial charge in [-0.05, 0) is 35.4 Å². The number of thiophene rings is 1. The first-order valence-corrected chi connectivity index (χ1v) is 17.3. The van der Waals surface area contributed by atoms with Crippen molar-refractivity contribution in [3.8, 4) is 56.4 Å². The third kappa shape index (κ3) is 4.77. The molecule has 0 spiro atoms. The molecule has 5 nitrogen and oxygen atoms in total. The summed E-state index contributed by atoms with van der Waals surface area (Å²) in [6, 6.07) is 54.0. The van der Waals surface area contributed by atoms with Gasteiger partial charge in [-0.2, -0.15) is 4.98 Å². The zero-order valence-electron chi connectivity index (χ0n) is 26.6. The highest BCUT2D eigenvalue weighted by atomic mass is 32.1. The fraction of sp³-hybridized carbons (Fsp3) is 0. The van der Waals surface area contributed by atoms with Crippen LogP contribution in [-0.2, 0) is 0 Å². The van der Waals surface area contributed by atoms with E-state index >= 15 is 0 Å². The van der Waals surface area contributed by atoms with Crippen LogP contribution in [0.15, 0.2) is 162 Å². The Bertz CT molecular complexity index is 2680. The van der Waals surface area contributed by atoms with Gasteiger partial charge in [0.25, 0.3) is 0 Å². The van der Waals surface area contributed by atoms with E-state index in [4.69, 9.17) is 24.4 Å². The molecule has 0 saturated heterocycles. The minimum Gasteiger partial charge on any atom is -0.438 e. The zero-order valence-corrected chi connectivity index (χ0v) is 27.4. The van der Waals surface area contributed by atoms with Gasteiger partial charge in [-0.3, -0.25) is 0 Å². The molecule has 0 fully saturated rings. The molecule has 6 aromatic carbocycles. The van der Waals surface area contributed by atoms with Gasteiger partial charge in [0.05, 0.1) is 16.8 Å². The van der Waals surface area contributed by atoms with Crippen molar-refractivity contribution in [3.05, 3.63) is 158 Å². The zero-order chi connectivity index (χ0) is 33.0. The number of nitrogens with zero attached hydrogens (tertiary/aromatic N) is 4. The van der Waals surface area contributed by atoms with Crippen LogP contribution in [0.4, 0.5) is 0 Å². The third-order valence-electron chi connectivity index (χ3n) is 9.15. The van der Waals surface area contributed by atoms with Crippen LogP contribution in [0.3, 0.4) is 0 Å². The maximum atomic E-state index is 6.28. The van der Waals surface area contributed by atoms with E-state index in [0.717, 1.165) is 71.3 Å². The summed E-state index contributed by atoms with van der Waals surface area (Å²) >= 11 is 1.71. The molecule has 0 unspecified atom stereocenters. The summed E-state index contributed by atoms with van der Waals surface area (Å²) in [6.07, 6.45) is 0. The molecular formula is C44H26N4OS. The summed E-state index contributed by atoms with van der Waals surface area (Å²) in [5, 5.41) is 4.21. The lowest BCUT2D eigenvalue weighted by atomic mass is 10.00. The van der Waals surface area contributed by atoms with E-state index in [-0.39, 0.29) is 0 Å². The summed E-state index contributed by atoms with van der Waals surface area (Å²) in [6.45, 7) is 0. The molecule has 10 aromatic rings. The number of benzene rings is 6. The first-order chi connectivity index (χ1) is 24.8. The van der Waals surface area contributed by atoms with Crippen molar-refractivity contribution in [1.29, 1.82) is 0 Å². The maximum absolute atomic E-state index is 6.28. The Balaban J connectivity index is 1.10. The van der Waals surface area contributed by atoms with Gasteiger partial charge in [0, 0.05) is 43.1 Å². The van der Waals surface area contributed by atoms with E-state index in [1.54, 1.807) is 11.3 Å². The number of rotatable bonds is 5. The number of aromatic nitrogens is 4. The highest BCUT2D eigenvalue weighted by Gasteiger charge is 2.19. The molecule has 0 bridgehead atoms. The number of hydrogen-bond donors (Lipinski definition) is 0. The lowest BCUT2D eigenvalue weighted by Crippen LogP contribution is -1.95. The van der Waals surface area contributed by atoms with Crippen molar-refractivity contribution in [1.82, 2.24) is 19.9 Å².